The maximum atomic E-state index is 3.55. The molecule has 1 saturated heterocycles. The first-order valence-corrected chi connectivity index (χ1v) is 7.22. The highest BCUT2D eigenvalue weighted by atomic mass is 15.2. The Morgan fingerprint density at radius 2 is 1.94 bits per heavy atom. The Kier molecular flexibility index (Phi) is 4.79. The van der Waals surface area contributed by atoms with Gasteiger partial charge in [-0.05, 0) is 31.9 Å². The monoisotopic (exact) mass is 246 g/mol. The molecule has 0 radical (unpaired) electrons. The van der Waals surface area contributed by atoms with E-state index in [1.165, 1.54) is 18.5 Å². The Morgan fingerprint density at radius 1 is 1.22 bits per heavy atom. The molecule has 2 atom stereocenters. The Balaban J connectivity index is 2.08. The number of hydrogen-bond donors (Lipinski definition) is 1. The van der Waals surface area contributed by atoms with E-state index in [0.29, 0.717) is 12.1 Å². The molecule has 2 rings (SSSR count). The zero-order valence-corrected chi connectivity index (χ0v) is 11.9. The number of nitrogens with one attached hydrogen (secondary N) is 1. The molecule has 0 aromatic heterocycles. The smallest absolute Gasteiger partial charge is 0.0267 e. The topological polar surface area (TPSA) is 15.3 Å². The molecule has 18 heavy (non-hydrogen) atoms. The third-order valence-corrected chi connectivity index (χ3v) is 4.13. The molecule has 1 aliphatic rings. The lowest BCUT2D eigenvalue weighted by molar-refractivity contribution is 0.122. The zero-order chi connectivity index (χ0) is 13.0. The summed E-state index contributed by atoms with van der Waals surface area (Å²) in [6.45, 7) is 10.3. The first kappa shape index (κ1) is 13.6. The normalized spacial score (nSPS) is 24.1. The lowest BCUT2D eigenvalue weighted by Crippen LogP contribution is -2.44. The molecule has 0 bridgehead atoms. The van der Waals surface area contributed by atoms with Gasteiger partial charge < -0.3 is 5.32 Å². The van der Waals surface area contributed by atoms with Crippen molar-refractivity contribution in [2.24, 2.45) is 5.92 Å². The lowest BCUT2D eigenvalue weighted by atomic mass is 9.97. The van der Waals surface area contributed by atoms with Gasteiger partial charge in [0, 0.05) is 25.2 Å². The summed E-state index contributed by atoms with van der Waals surface area (Å²) in [5.41, 5.74) is 1.42. The Labute approximate surface area is 111 Å². The number of benzene rings is 1. The molecule has 0 amide bonds. The fourth-order valence-corrected chi connectivity index (χ4v) is 3.00. The highest BCUT2D eigenvalue weighted by Gasteiger charge is 2.31. The van der Waals surface area contributed by atoms with Gasteiger partial charge in [0.1, 0.15) is 0 Å². The van der Waals surface area contributed by atoms with Gasteiger partial charge in [0.25, 0.3) is 0 Å². The van der Waals surface area contributed by atoms with Crippen LogP contribution in [0.2, 0.25) is 0 Å². The van der Waals surface area contributed by atoms with Crippen molar-refractivity contribution in [2.75, 3.05) is 13.1 Å². The summed E-state index contributed by atoms with van der Waals surface area (Å²) in [5.74, 6) is 0.802. The zero-order valence-electron chi connectivity index (χ0n) is 11.9. The molecule has 1 aromatic rings. The van der Waals surface area contributed by atoms with Crippen molar-refractivity contribution in [3.05, 3.63) is 35.9 Å². The average Bonchev–Trinajstić information content (AvgIpc) is 2.84. The van der Waals surface area contributed by atoms with E-state index < -0.39 is 0 Å². The van der Waals surface area contributed by atoms with Crippen LogP contribution in [0, 0.1) is 5.92 Å². The van der Waals surface area contributed by atoms with Crippen LogP contribution in [-0.2, 0) is 6.54 Å². The van der Waals surface area contributed by atoms with Crippen LogP contribution in [0.3, 0.4) is 0 Å². The summed E-state index contributed by atoms with van der Waals surface area (Å²) in [7, 11) is 0. The van der Waals surface area contributed by atoms with Crippen LogP contribution in [0.1, 0.15) is 32.8 Å². The second-order valence-corrected chi connectivity index (χ2v) is 5.65. The molecule has 2 unspecified atom stereocenters. The van der Waals surface area contributed by atoms with E-state index in [9.17, 15) is 0 Å². The van der Waals surface area contributed by atoms with Crippen LogP contribution in [-0.4, -0.2) is 30.1 Å². The molecular weight excluding hydrogens is 220 g/mol. The van der Waals surface area contributed by atoms with Crippen LogP contribution in [0.4, 0.5) is 0 Å². The minimum Gasteiger partial charge on any atom is -0.315 e. The molecule has 0 saturated carbocycles. The Morgan fingerprint density at radius 3 is 2.56 bits per heavy atom. The van der Waals surface area contributed by atoms with E-state index >= 15 is 0 Å². The second kappa shape index (κ2) is 6.35. The minimum atomic E-state index is 0.601. The van der Waals surface area contributed by atoms with E-state index in [-0.39, 0.29) is 0 Å². The first-order chi connectivity index (χ1) is 8.72. The highest BCUT2D eigenvalue weighted by Crippen LogP contribution is 2.23. The summed E-state index contributed by atoms with van der Waals surface area (Å²) in [4.78, 5) is 2.66. The van der Waals surface area contributed by atoms with Gasteiger partial charge in [-0.15, -0.1) is 0 Å². The molecule has 0 aliphatic carbocycles. The van der Waals surface area contributed by atoms with Crippen molar-refractivity contribution < 1.29 is 0 Å². The van der Waals surface area contributed by atoms with Gasteiger partial charge in [-0.2, -0.15) is 0 Å². The fourth-order valence-electron chi connectivity index (χ4n) is 3.00. The quantitative estimate of drug-likeness (QED) is 0.859. The average molecular weight is 246 g/mol. The second-order valence-electron chi connectivity index (χ2n) is 5.65. The summed E-state index contributed by atoms with van der Waals surface area (Å²) >= 11 is 0. The Bertz CT molecular complexity index is 347. The predicted octanol–water partition coefficient (Wildman–Crippen LogP) is 2.90. The third-order valence-electron chi connectivity index (χ3n) is 4.13. The molecule has 1 aliphatic heterocycles. The highest BCUT2D eigenvalue weighted by molar-refractivity contribution is 5.15. The van der Waals surface area contributed by atoms with Crippen molar-refractivity contribution >= 4 is 0 Å². The van der Waals surface area contributed by atoms with Crippen molar-refractivity contribution in [2.45, 2.75) is 45.8 Å². The number of hydrogen-bond acceptors (Lipinski definition) is 2. The molecule has 2 nitrogen and oxygen atoms in total. The van der Waals surface area contributed by atoms with E-state index in [4.69, 9.17) is 0 Å². The van der Waals surface area contributed by atoms with Gasteiger partial charge in [-0.1, -0.05) is 43.7 Å². The van der Waals surface area contributed by atoms with Gasteiger partial charge >= 0.3 is 0 Å². The maximum absolute atomic E-state index is 3.55. The summed E-state index contributed by atoms with van der Waals surface area (Å²) < 4.78 is 0. The maximum Gasteiger partial charge on any atom is 0.0267 e. The summed E-state index contributed by atoms with van der Waals surface area (Å²) in [6, 6.07) is 12.1. The van der Waals surface area contributed by atoms with Crippen LogP contribution in [0.5, 0.6) is 0 Å². The van der Waals surface area contributed by atoms with Gasteiger partial charge in [0.15, 0.2) is 0 Å². The Hall–Kier alpha value is -0.860. The first-order valence-electron chi connectivity index (χ1n) is 7.22. The largest absolute Gasteiger partial charge is 0.315 e. The standard InChI is InChI=1S/C16H26N2/c1-4-15-10-17-11-16(15)18(13(2)3)12-14-8-6-5-7-9-14/h5-9,13,15-17H,4,10-12H2,1-3H3. The van der Waals surface area contributed by atoms with E-state index in [1.807, 2.05) is 0 Å². The van der Waals surface area contributed by atoms with Crippen LogP contribution in [0.25, 0.3) is 0 Å². The summed E-state index contributed by atoms with van der Waals surface area (Å²) in [6.07, 6.45) is 1.27. The van der Waals surface area contributed by atoms with Gasteiger partial charge in [0.05, 0.1) is 0 Å². The predicted molar refractivity (Wildman–Crippen MR) is 77.6 cm³/mol. The number of nitrogens with zero attached hydrogens (tertiary/aromatic N) is 1. The molecular formula is C16H26N2. The van der Waals surface area contributed by atoms with Crippen molar-refractivity contribution in [3.8, 4) is 0 Å². The van der Waals surface area contributed by atoms with E-state index in [2.05, 4.69) is 61.3 Å². The van der Waals surface area contributed by atoms with Gasteiger partial charge in [-0.3, -0.25) is 4.90 Å². The molecule has 100 valence electrons. The molecule has 1 aromatic carbocycles. The minimum absolute atomic E-state index is 0.601. The molecule has 1 N–H and O–H groups in total. The van der Waals surface area contributed by atoms with Crippen molar-refractivity contribution in [1.82, 2.24) is 10.2 Å². The van der Waals surface area contributed by atoms with Crippen LogP contribution < -0.4 is 5.32 Å². The third kappa shape index (κ3) is 3.12. The molecule has 1 fully saturated rings. The SMILES string of the molecule is CCC1CNCC1N(Cc1ccccc1)C(C)C. The molecule has 1 heterocycles. The molecule has 0 spiro atoms. The van der Waals surface area contributed by atoms with E-state index in [0.717, 1.165) is 19.0 Å². The van der Waals surface area contributed by atoms with Gasteiger partial charge in [0.2, 0.25) is 0 Å². The summed E-state index contributed by atoms with van der Waals surface area (Å²) in [5, 5.41) is 3.55. The fraction of sp³-hybridized carbons (Fsp3) is 0.625. The van der Waals surface area contributed by atoms with Crippen molar-refractivity contribution in [3.63, 3.8) is 0 Å². The van der Waals surface area contributed by atoms with Gasteiger partial charge in [-0.25, -0.2) is 0 Å². The van der Waals surface area contributed by atoms with E-state index in [1.54, 1.807) is 0 Å². The van der Waals surface area contributed by atoms with Crippen molar-refractivity contribution in [1.29, 1.82) is 0 Å². The lowest BCUT2D eigenvalue weighted by Gasteiger charge is -2.35. The number of rotatable bonds is 5. The molecule has 2 heteroatoms. The van der Waals surface area contributed by atoms with Crippen LogP contribution in [0.15, 0.2) is 30.3 Å². The van der Waals surface area contributed by atoms with Crippen LogP contribution >= 0.6 is 0 Å².